The molecule has 3 aromatic rings. The van der Waals surface area contributed by atoms with E-state index < -0.39 is 11.6 Å². The van der Waals surface area contributed by atoms with Crippen molar-refractivity contribution in [1.82, 2.24) is 9.97 Å². The molecule has 5 nitrogen and oxygen atoms in total. The quantitative estimate of drug-likeness (QED) is 0.651. The number of halogens is 2. The first-order chi connectivity index (χ1) is 12.1. The van der Waals surface area contributed by atoms with E-state index in [1.165, 1.54) is 0 Å². The molecule has 0 fully saturated rings. The molecule has 0 aliphatic rings. The highest BCUT2D eigenvalue weighted by Crippen LogP contribution is 2.25. The Hall–Kier alpha value is -2.61. The number of fused-ring (bicyclic) bond motifs is 1. The maximum absolute atomic E-state index is 13.2. The van der Waals surface area contributed by atoms with Crippen LogP contribution in [0.4, 0.5) is 14.5 Å². The molecule has 130 valence electrons. The molecule has 2 aromatic carbocycles. The zero-order valence-corrected chi connectivity index (χ0v) is 14.1. The third kappa shape index (κ3) is 4.08. The Morgan fingerprint density at radius 1 is 1.28 bits per heavy atom. The number of carbonyl (C=O) groups is 1. The first-order valence-electron chi connectivity index (χ1n) is 7.56. The normalized spacial score (nSPS) is 10.8. The van der Waals surface area contributed by atoms with E-state index in [2.05, 4.69) is 15.3 Å². The lowest BCUT2D eigenvalue weighted by Gasteiger charge is -2.10. The van der Waals surface area contributed by atoms with Gasteiger partial charge in [0, 0.05) is 12.1 Å². The molecule has 0 atom stereocenters. The lowest BCUT2D eigenvalue weighted by atomic mass is 10.3. The van der Waals surface area contributed by atoms with Gasteiger partial charge in [-0.1, -0.05) is 23.9 Å². The third-order valence-corrected chi connectivity index (χ3v) is 4.18. The number of nitrogens with zero attached hydrogens (tertiary/aromatic N) is 1. The highest BCUT2D eigenvalue weighted by atomic mass is 32.2. The van der Waals surface area contributed by atoms with Gasteiger partial charge in [-0.3, -0.25) is 4.79 Å². The second-order valence-electron chi connectivity index (χ2n) is 5.09. The van der Waals surface area contributed by atoms with Crippen LogP contribution < -0.4 is 10.1 Å². The minimum Gasteiger partial charge on any atom is -0.492 e. The molecule has 3 rings (SSSR count). The Bertz CT molecular complexity index is 875. The number of nitrogens with one attached hydrogen (secondary N) is 2. The van der Waals surface area contributed by atoms with Crippen LogP contribution in [-0.4, -0.2) is 28.2 Å². The lowest BCUT2D eigenvalue weighted by Crippen LogP contribution is -2.15. The van der Waals surface area contributed by atoms with Crippen molar-refractivity contribution in [2.75, 3.05) is 17.7 Å². The predicted molar refractivity (Wildman–Crippen MR) is 93.0 cm³/mol. The number of hydrogen-bond donors (Lipinski definition) is 2. The molecule has 1 heterocycles. The zero-order chi connectivity index (χ0) is 17.8. The van der Waals surface area contributed by atoms with Gasteiger partial charge in [0.05, 0.1) is 29.1 Å². The molecule has 0 saturated carbocycles. The number of thioether (sulfide) groups is 1. The SMILES string of the molecule is CCOc1ccccc1NC(=O)CSc1nc2cc(F)c(F)cc2[nH]1. The summed E-state index contributed by atoms with van der Waals surface area (Å²) in [4.78, 5) is 19.1. The summed E-state index contributed by atoms with van der Waals surface area (Å²) >= 11 is 1.14. The van der Waals surface area contributed by atoms with Crippen LogP contribution in [0.1, 0.15) is 6.92 Å². The minimum absolute atomic E-state index is 0.0885. The van der Waals surface area contributed by atoms with Crippen molar-refractivity contribution in [3.8, 4) is 5.75 Å². The van der Waals surface area contributed by atoms with Crippen LogP contribution in [-0.2, 0) is 4.79 Å². The number of para-hydroxylation sites is 2. The van der Waals surface area contributed by atoms with Gasteiger partial charge in [-0.25, -0.2) is 13.8 Å². The van der Waals surface area contributed by atoms with Crippen LogP contribution in [0.2, 0.25) is 0 Å². The second-order valence-corrected chi connectivity index (χ2v) is 6.06. The van der Waals surface area contributed by atoms with Crippen molar-refractivity contribution >= 4 is 34.4 Å². The molecule has 0 aliphatic carbocycles. The van der Waals surface area contributed by atoms with Crippen molar-refractivity contribution in [2.45, 2.75) is 12.1 Å². The minimum atomic E-state index is -0.958. The summed E-state index contributed by atoms with van der Waals surface area (Å²) in [6, 6.07) is 9.20. The number of hydrogen-bond acceptors (Lipinski definition) is 4. The van der Waals surface area contributed by atoms with Gasteiger partial charge in [0.1, 0.15) is 5.75 Å². The van der Waals surface area contributed by atoms with E-state index in [0.29, 0.717) is 34.2 Å². The molecule has 8 heteroatoms. The third-order valence-electron chi connectivity index (χ3n) is 3.30. The smallest absolute Gasteiger partial charge is 0.234 e. The average molecular weight is 363 g/mol. The fourth-order valence-corrected chi connectivity index (χ4v) is 2.91. The molecule has 1 aromatic heterocycles. The zero-order valence-electron chi connectivity index (χ0n) is 13.3. The van der Waals surface area contributed by atoms with Gasteiger partial charge in [-0.15, -0.1) is 0 Å². The number of amides is 1. The predicted octanol–water partition coefficient (Wildman–Crippen LogP) is 3.97. The lowest BCUT2D eigenvalue weighted by molar-refractivity contribution is -0.113. The number of carbonyl (C=O) groups excluding carboxylic acids is 1. The molecule has 1 amide bonds. The maximum atomic E-state index is 13.2. The van der Waals surface area contributed by atoms with E-state index in [-0.39, 0.29) is 11.7 Å². The van der Waals surface area contributed by atoms with E-state index in [9.17, 15) is 13.6 Å². The van der Waals surface area contributed by atoms with Crippen LogP contribution in [0.5, 0.6) is 5.75 Å². The number of aromatic nitrogens is 2. The Labute approximate surface area is 146 Å². The Morgan fingerprint density at radius 2 is 2.04 bits per heavy atom. The van der Waals surface area contributed by atoms with Crippen LogP contribution in [0.3, 0.4) is 0 Å². The summed E-state index contributed by atoms with van der Waals surface area (Å²) in [5.74, 6) is -1.46. The van der Waals surface area contributed by atoms with Gasteiger partial charge in [0.2, 0.25) is 5.91 Å². The number of aromatic amines is 1. The van der Waals surface area contributed by atoms with Crippen LogP contribution in [0, 0.1) is 11.6 Å². The highest BCUT2D eigenvalue weighted by molar-refractivity contribution is 7.99. The van der Waals surface area contributed by atoms with Gasteiger partial charge in [-0.05, 0) is 19.1 Å². The monoisotopic (exact) mass is 363 g/mol. The first kappa shape index (κ1) is 17.2. The van der Waals surface area contributed by atoms with E-state index in [1.54, 1.807) is 18.2 Å². The van der Waals surface area contributed by atoms with Crippen molar-refractivity contribution in [3.05, 3.63) is 48.0 Å². The highest BCUT2D eigenvalue weighted by Gasteiger charge is 2.12. The summed E-state index contributed by atoms with van der Waals surface area (Å²) in [7, 11) is 0. The van der Waals surface area contributed by atoms with Crippen molar-refractivity contribution < 1.29 is 18.3 Å². The summed E-state index contributed by atoms with van der Waals surface area (Å²) in [5.41, 5.74) is 1.27. The van der Waals surface area contributed by atoms with Gasteiger partial charge >= 0.3 is 0 Å². The number of H-pyrrole nitrogens is 1. The van der Waals surface area contributed by atoms with Gasteiger partial charge in [0.25, 0.3) is 0 Å². The van der Waals surface area contributed by atoms with E-state index in [0.717, 1.165) is 23.9 Å². The summed E-state index contributed by atoms with van der Waals surface area (Å²) in [5, 5.41) is 3.18. The Morgan fingerprint density at radius 3 is 2.84 bits per heavy atom. The van der Waals surface area contributed by atoms with Crippen molar-refractivity contribution in [3.63, 3.8) is 0 Å². The van der Waals surface area contributed by atoms with Gasteiger partial charge in [-0.2, -0.15) is 0 Å². The number of benzene rings is 2. The van der Waals surface area contributed by atoms with E-state index >= 15 is 0 Å². The van der Waals surface area contributed by atoms with Crippen LogP contribution in [0.15, 0.2) is 41.6 Å². The largest absolute Gasteiger partial charge is 0.492 e. The number of ether oxygens (including phenoxy) is 1. The van der Waals surface area contributed by atoms with Gasteiger partial charge in [0.15, 0.2) is 16.8 Å². The fraction of sp³-hybridized carbons (Fsp3) is 0.176. The Kier molecular flexibility index (Phi) is 5.18. The molecular weight excluding hydrogens is 348 g/mol. The molecular formula is C17H15F2N3O2S. The molecule has 0 aliphatic heterocycles. The molecule has 0 saturated heterocycles. The van der Waals surface area contributed by atoms with Crippen LogP contribution in [0.25, 0.3) is 11.0 Å². The topological polar surface area (TPSA) is 67.0 Å². The molecule has 2 N–H and O–H groups in total. The molecule has 0 spiro atoms. The fourth-order valence-electron chi connectivity index (χ4n) is 2.22. The summed E-state index contributed by atoms with van der Waals surface area (Å²) < 4.78 is 31.9. The molecule has 25 heavy (non-hydrogen) atoms. The van der Waals surface area contributed by atoms with E-state index in [1.807, 2.05) is 13.0 Å². The number of anilines is 1. The van der Waals surface area contributed by atoms with Crippen LogP contribution >= 0.6 is 11.8 Å². The van der Waals surface area contributed by atoms with Crippen molar-refractivity contribution in [2.24, 2.45) is 0 Å². The van der Waals surface area contributed by atoms with E-state index in [4.69, 9.17) is 4.74 Å². The number of imidazole rings is 1. The summed E-state index contributed by atoms with van der Waals surface area (Å²) in [6.07, 6.45) is 0. The average Bonchev–Trinajstić information content (AvgIpc) is 2.97. The van der Waals surface area contributed by atoms with Gasteiger partial charge < -0.3 is 15.0 Å². The summed E-state index contributed by atoms with van der Waals surface area (Å²) in [6.45, 7) is 2.36. The van der Waals surface area contributed by atoms with Crippen molar-refractivity contribution in [1.29, 1.82) is 0 Å². The molecule has 0 radical (unpaired) electrons. The Balaban J connectivity index is 1.64. The molecule has 0 bridgehead atoms. The first-order valence-corrected chi connectivity index (χ1v) is 8.54. The standard InChI is InChI=1S/C17H15F2N3O2S/c1-2-24-15-6-4-3-5-12(15)20-16(23)9-25-17-21-13-7-10(18)11(19)8-14(13)22-17/h3-8H,2,9H2,1H3,(H,20,23)(H,21,22). The second kappa shape index (κ2) is 7.52. The maximum Gasteiger partial charge on any atom is 0.234 e. The molecule has 0 unspecified atom stereocenters. The number of rotatable bonds is 6.